The number of aryl methyl sites for hydroxylation is 2. The molecule has 2 N–H and O–H groups in total. The Morgan fingerprint density at radius 3 is 2.89 bits per heavy atom. The summed E-state index contributed by atoms with van der Waals surface area (Å²) in [6, 6.07) is 6.37. The van der Waals surface area contributed by atoms with Crippen LogP contribution in [0.5, 0.6) is 0 Å². The van der Waals surface area contributed by atoms with Crippen LogP contribution in [0, 0.1) is 13.8 Å². The molecular weight excluding hydrogens is 240 g/mol. The molecule has 0 atom stereocenters. The third-order valence-electron chi connectivity index (χ3n) is 3.19. The number of aromatic amines is 1. The van der Waals surface area contributed by atoms with Crippen molar-refractivity contribution in [3.05, 3.63) is 35.0 Å². The van der Waals surface area contributed by atoms with Crippen molar-refractivity contribution >= 4 is 17.0 Å². The summed E-state index contributed by atoms with van der Waals surface area (Å²) in [4.78, 5) is 14.6. The molecule has 0 unspecified atom stereocenters. The highest BCUT2D eigenvalue weighted by atomic mass is 16.5. The summed E-state index contributed by atoms with van der Waals surface area (Å²) in [7, 11) is 0. The minimum Gasteiger partial charge on any atom is -0.450 e. The third kappa shape index (κ3) is 3.08. The number of nitrogens with one attached hydrogen (secondary N) is 2. The van der Waals surface area contributed by atoms with E-state index >= 15 is 0 Å². The zero-order chi connectivity index (χ0) is 13.8. The van der Waals surface area contributed by atoms with E-state index < -0.39 is 0 Å². The highest BCUT2D eigenvalue weighted by molar-refractivity contribution is 5.85. The van der Waals surface area contributed by atoms with Gasteiger partial charge in [-0.2, -0.15) is 0 Å². The maximum atomic E-state index is 11.2. The van der Waals surface area contributed by atoms with Gasteiger partial charge < -0.3 is 15.0 Å². The van der Waals surface area contributed by atoms with Crippen molar-refractivity contribution in [1.29, 1.82) is 0 Å². The largest absolute Gasteiger partial charge is 0.450 e. The maximum absolute atomic E-state index is 11.2. The Kier molecular flexibility index (Phi) is 4.10. The van der Waals surface area contributed by atoms with Gasteiger partial charge in [0, 0.05) is 23.1 Å². The second-order valence-corrected chi connectivity index (χ2v) is 4.67. The van der Waals surface area contributed by atoms with Crippen molar-refractivity contribution < 1.29 is 9.53 Å². The van der Waals surface area contributed by atoms with Gasteiger partial charge in [0.25, 0.3) is 0 Å². The molecule has 102 valence electrons. The van der Waals surface area contributed by atoms with Crippen molar-refractivity contribution in [1.82, 2.24) is 10.3 Å². The summed E-state index contributed by atoms with van der Waals surface area (Å²) >= 11 is 0. The molecule has 0 saturated carbocycles. The van der Waals surface area contributed by atoms with E-state index in [0.717, 1.165) is 17.6 Å². The van der Waals surface area contributed by atoms with Crippen LogP contribution in [0.25, 0.3) is 10.9 Å². The summed E-state index contributed by atoms with van der Waals surface area (Å²) in [5.41, 5.74) is 4.81. The number of amides is 1. The van der Waals surface area contributed by atoms with Crippen LogP contribution in [-0.4, -0.2) is 24.2 Å². The van der Waals surface area contributed by atoms with Gasteiger partial charge in [0.2, 0.25) is 0 Å². The van der Waals surface area contributed by atoms with E-state index in [1.807, 2.05) is 0 Å². The lowest BCUT2D eigenvalue weighted by atomic mass is 10.1. The standard InChI is InChI=1S/C15H20N2O2/c1-4-19-15(18)16-8-7-12-11(3)17-14-6-5-10(2)9-13(12)14/h5-6,9,17H,4,7-8H2,1-3H3,(H,16,18). The van der Waals surface area contributed by atoms with Gasteiger partial charge in [-0.3, -0.25) is 0 Å². The number of fused-ring (bicyclic) bond motifs is 1. The second-order valence-electron chi connectivity index (χ2n) is 4.67. The number of ether oxygens (including phenoxy) is 1. The van der Waals surface area contributed by atoms with Crippen LogP contribution < -0.4 is 5.32 Å². The molecule has 0 saturated heterocycles. The van der Waals surface area contributed by atoms with Crippen LogP contribution in [0.3, 0.4) is 0 Å². The molecule has 1 amide bonds. The zero-order valence-corrected chi connectivity index (χ0v) is 11.7. The van der Waals surface area contributed by atoms with Gasteiger partial charge in [0.15, 0.2) is 0 Å². The monoisotopic (exact) mass is 260 g/mol. The van der Waals surface area contributed by atoms with Gasteiger partial charge in [-0.25, -0.2) is 4.79 Å². The van der Waals surface area contributed by atoms with Crippen LogP contribution >= 0.6 is 0 Å². The van der Waals surface area contributed by atoms with Crippen LogP contribution in [-0.2, 0) is 11.2 Å². The average Bonchev–Trinajstić information content (AvgIpc) is 2.66. The first-order valence-corrected chi connectivity index (χ1v) is 6.60. The topological polar surface area (TPSA) is 54.1 Å². The molecule has 1 aromatic heterocycles. The molecule has 0 aliphatic heterocycles. The summed E-state index contributed by atoms with van der Waals surface area (Å²) in [5, 5.41) is 3.99. The summed E-state index contributed by atoms with van der Waals surface area (Å²) < 4.78 is 4.84. The Bertz CT molecular complexity index is 587. The first-order valence-electron chi connectivity index (χ1n) is 6.60. The van der Waals surface area contributed by atoms with Gasteiger partial charge in [-0.1, -0.05) is 11.6 Å². The zero-order valence-electron chi connectivity index (χ0n) is 11.7. The van der Waals surface area contributed by atoms with Crippen LogP contribution in [0.2, 0.25) is 0 Å². The summed E-state index contributed by atoms with van der Waals surface area (Å²) in [6.07, 6.45) is 0.449. The molecule has 0 radical (unpaired) electrons. The van der Waals surface area contributed by atoms with Crippen molar-refractivity contribution in [2.45, 2.75) is 27.2 Å². The summed E-state index contributed by atoms with van der Waals surface area (Å²) in [5.74, 6) is 0. The predicted octanol–water partition coefficient (Wildman–Crippen LogP) is 3.07. The van der Waals surface area contributed by atoms with Crippen molar-refractivity contribution in [2.24, 2.45) is 0 Å². The second kappa shape index (κ2) is 5.78. The number of carbonyl (C=O) groups excluding carboxylic acids is 1. The SMILES string of the molecule is CCOC(=O)NCCc1c(C)[nH]c2ccc(C)cc12. The first-order chi connectivity index (χ1) is 9.11. The number of carbonyl (C=O) groups is 1. The normalized spacial score (nSPS) is 10.7. The number of hydrogen-bond acceptors (Lipinski definition) is 2. The lowest BCUT2D eigenvalue weighted by Gasteiger charge is -2.05. The molecule has 0 bridgehead atoms. The van der Waals surface area contributed by atoms with Gasteiger partial charge in [-0.05, 0) is 44.9 Å². The highest BCUT2D eigenvalue weighted by Crippen LogP contribution is 2.23. The van der Waals surface area contributed by atoms with E-state index in [2.05, 4.69) is 42.3 Å². The molecule has 2 rings (SSSR count). The highest BCUT2D eigenvalue weighted by Gasteiger charge is 2.09. The van der Waals surface area contributed by atoms with Crippen molar-refractivity contribution in [2.75, 3.05) is 13.2 Å². The Morgan fingerprint density at radius 2 is 2.16 bits per heavy atom. The molecule has 1 aromatic carbocycles. The molecule has 0 aliphatic rings. The van der Waals surface area contributed by atoms with E-state index in [9.17, 15) is 4.79 Å². The molecule has 4 nitrogen and oxygen atoms in total. The Labute approximate surface area is 113 Å². The molecule has 19 heavy (non-hydrogen) atoms. The first kappa shape index (κ1) is 13.5. The minimum absolute atomic E-state index is 0.351. The van der Waals surface area contributed by atoms with E-state index in [-0.39, 0.29) is 6.09 Å². The number of alkyl carbamates (subject to hydrolysis) is 1. The predicted molar refractivity (Wildman–Crippen MR) is 76.5 cm³/mol. The fourth-order valence-corrected chi connectivity index (χ4v) is 2.29. The number of hydrogen-bond donors (Lipinski definition) is 2. The fourth-order valence-electron chi connectivity index (χ4n) is 2.29. The molecule has 0 fully saturated rings. The Hall–Kier alpha value is -1.97. The fraction of sp³-hybridized carbons (Fsp3) is 0.400. The summed E-state index contributed by atoms with van der Waals surface area (Å²) in [6.45, 7) is 6.93. The molecule has 1 heterocycles. The van der Waals surface area contributed by atoms with Gasteiger partial charge >= 0.3 is 6.09 Å². The van der Waals surface area contributed by atoms with Gasteiger partial charge in [-0.15, -0.1) is 0 Å². The Morgan fingerprint density at radius 1 is 1.37 bits per heavy atom. The van der Waals surface area contributed by atoms with Gasteiger partial charge in [0.1, 0.15) is 0 Å². The minimum atomic E-state index is -0.351. The number of rotatable bonds is 4. The van der Waals surface area contributed by atoms with Crippen LogP contribution in [0.1, 0.15) is 23.7 Å². The number of aromatic nitrogens is 1. The lowest BCUT2D eigenvalue weighted by Crippen LogP contribution is -2.26. The van der Waals surface area contributed by atoms with E-state index in [0.29, 0.717) is 13.2 Å². The lowest BCUT2D eigenvalue weighted by molar-refractivity contribution is 0.152. The quantitative estimate of drug-likeness (QED) is 0.887. The maximum Gasteiger partial charge on any atom is 0.407 e. The van der Waals surface area contributed by atoms with Crippen molar-refractivity contribution in [3.63, 3.8) is 0 Å². The smallest absolute Gasteiger partial charge is 0.407 e. The molecular formula is C15H20N2O2. The molecule has 4 heteroatoms. The van der Waals surface area contributed by atoms with Crippen LogP contribution in [0.4, 0.5) is 4.79 Å². The van der Waals surface area contributed by atoms with E-state index in [4.69, 9.17) is 4.74 Å². The third-order valence-corrected chi connectivity index (χ3v) is 3.19. The number of H-pyrrole nitrogens is 1. The van der Waals surface area contributed by atoms with Gasteiger partial charge in [0.05, 0.1) is 6.61 Å². The molecule has 0 spiro atoms. The Balaban J connectivity index is 2.09. The molecule has 0 aliphatic carbocycles. The average molecular weight is 260 g/mol. The van der Waals surface area contributed by atoms with E-state index in [1.54, 1.807) is 6.92 Å². The van der Waals surface area contributed by atoms with E-state index in [1.165, 1.54) is 16.5 Å². The number of benzene rings is 1. The van der Waals surface area contributed by atoms with Crippen molar-refractivity contribution in [3.8, 4) is 0 Å². The molecule has 2 aromatic rings. The van der Waals surface area contributed by atoms with Crippen LogP contribution in [0.15, 0.2) is 18.2 Å².